The van der Waals surface area contributed by atoms with Crippen molar-refractivity contribution in [2.45, 2.75) is 6.92 Å². The number of furan rings is 1. The number of thiocarbonyl (C=S) groups is 1. The number of halogens is 1. The molecule has 0 bridgehead atoms. The highest BCUT2D eigenvalue weighted by atomic mass is 35.5. The Morgan fingerprint density at radius 3 is 2.86 bits per heavy atom. The van der Waals surface area contributed by atoms with E-state index in [1.165, 1.54) is 12.3 Å². The van der Waals surface area contributed by atoms with Gasteiger partial charge in [0.05, 0.1) is 6.26 Å². The number of nitrogens with one attached hydrogen (secondary N) is 2. The molecule has 6 heteroatoms. The molecule has 2 N–H and O–H groups in total. The van der Waals surface area contributed by atoms with E-state index in [0.29, 0.717) is 16.5 Å². The van der Waals surface area contributed by atoms with Gasteiger partial charge in [-0.05, 0) is 55.0 Å². The Morgan fingerprint density at radius 2 is 2.19 bits per heavy atom. The lowest BCUT2D eigenvalue weighted by Crippen LogP contribution is -2.32. The molecule has 2 aromatic rings. The molecule has 0 aliphatic rings. The Bertz CT molecular complexity index is 681. The normalized spacial score (nSPS) is 10.6. The predicted molar refractivity (Wildman–Crippen MR) is 88.3 cm³/mol. The highest BCUT2D eigenvalue weighted by molar-refractivity contribution is 7.80. The number of rotatable bonds is 3. The summed E-state index contributed by atoms with van der Waals surface area (Å²) in [6.07, 6.45) is 4.43. The molecule has 0 saturated carbocycles. The van der Waals surface area contributed by atoms with E-state index in [2.05, 4.69) is 10.6 Å². The van der Waals surface area contributed by atoms with Crippen LogP contribution >= 0.6 is 23.8 Å². The Kier molecular flexibility index (Phi) is 5.14. The van der Waals surface area contributed by atoms with E-state index >= 15 is 0 Å². The smallest absolute Gasteiger partial charge is 0.250 e. The van der Waals surface area contributed by atoms with Crippen molar-refractivity contribution < 1.29 is 9.21 Å². The van der Waals surface area contributed by atoms with Crippen molar-refractivity contribution >= 4 is 46.6 Å². The van der Waals surface area contributed by atoms with Crippen molar-refractivity contribution in [1.29, 1.82) is 0 Å². The summed E-state index contributed by atoms with van der Waals surface area (Å²) in [6, 6.07) is 8.93. The fourth-order valence-electron chi connectivity index (χ4n) is 1.53. The quantitative estimate of drug-likeness (QED) is 0.667. The number of benzene rings is 1. The average molecular weight is 321 g/mol. The zero-order valence-corrected chi connectivity index (χ0v) is 12.8. The Morgan fingerprint density at radius 1 is 1.38 bits per heavy atom. The largest absolute Gasteiger partial charge is 0.465 e. The zero-order valence-electron chi connectivity index (χ0n) is 11.2. The number of amides is 1. The first-order chi connectivity index (χ1) is 10.0. The maximum atomic E-state index is 11.7. The molecule has 108 valence electrons. The maximum Gasteiger partial charge on any atom is 0.250 e. The first-order valence-corrected chi connectivity index (χ1v) is 6.93. The summed E-state index contributed by atoms with van der Waals surface area (Å²) in [7, 11) is 0. The molecule has 0 unspecified atom stereocenters. The highest BCUT2D eigenvalue weighted by Gasteiger charge is 2.03. The van der Waals surface area contributed by atoms with Crippen LogP contribution < -0.4 is 10.6 Å². The van der Waals surface area contributed by atoms with Gasteiger partial charge in [0.2, 0.25) is 5.91 Å². The molecule has 1 aromatic heterocycles. The minimum absolute atomic E-state index is 0.198. The van der Waals surface area contributed by atoms with Crippen LogP contribution in [0.3, 0.4) is 0 Å². The van der Waals surface area contributed by atoms with Gasteiger partial charge < -0.3 is 9.73 Å². The van der Waals surface area contributed by atoms with Crippen molar-refractivity contribution in [3.8, 4) is 0 Å². The van der Waals surface area contributed by atoms with Gasteiger partial charge in [-0.3, -0.25) is 10.1 Å². The van der Waals surface area contributed by atoms with E-state index in [-0.39, 0.29) is 11.0 Å². The predicted octanol–water partition coefficient (Wildman–Crippen LogP) is 3.77. The second-order valence-electron chi connectivity index (χ2n) is 4.26. The van der Waals surface area contributed by atoms with Gasteiger partial charge in [0.15, 0.2) is 5.11 Å². The highest BCUT2D eigenvalue weighted by Crippen LogP contribution is 2.19. The van der Waals surface area contributed by atoms with E-state index < -0.39 is 0 Å². The Labute approximate surface area is 132 Å². The molecule has 0 saturated heterocycles. The number of hydrogen-bond donors (Lipinski definition) is 2. The molecule has 0 radical (unpaired) electrons. The Hall–Kier alpha value is -2.11. The molecule has 0 fully saturated rings. The van der Waals surface area contributed by atoms with Crippen molar-refractivity contribution in [1.82, 2.24) is 5.32 Å². The molecule has 1 amide bonds. The monoisotopic (exact) mass is 320 g/mol. The fourth-order valence-corrected chi connectivity index (χ4v) is 1.93. The van der Waals surface area contributed by atoms with Gasteiger partial charge >= 0.3 is 0 Å². The molecular formula is C15H13ClN2O2S. The van der Waals surface area contributed by atoms with E-state index in [1.807, 2.05) is 19.1 Å². The van der Waals surface area contributed by atoms with Gasteiger partial charge in [-0.2, -0.15) is 0 Å². The van der Waals surface area contributed by atoms with Gasteiger partial charge in [-0.1, -0.05) is 17.7 Å². The molecule has 0 atom stereocenters. The molecule has 1 heterocycles. The fraction of sp³-hybridized carbons (Fsp3) is 0.0667. The van der Waals surface area contributed by atoms with E-state index in [1.54, 1.807) is 24.3 Å². The SMILES string of the molecule is Cc1ccc(NC(=S)NC(=O)/C=C\c2ccco2)cc1Cl. The van der Waals surface area contributed by atoms with E-state index in [9.17, 15) is 4.79 Å². The number of anilines is 1. The van der Waals surface area contributed by atoms with Crippen LogP contribution in [0.4, 0.5) is 5.69 Å². The summed E-state index contributed by atoms with van der Waals surface area (Å²) < 4.78 is 5.08. The second kappa shape index (κ2) is 7.06. The number of carbonyl (C=O) groups is 1. The van der Waals surface area contributed by atoms with Crippen LogP contribution in [0.2, 0.25) is 5.02 Å². The van der Waals surface area contributed by atoms with E-state index in [4.69, 9.17) is 28.2 Å². The lowest BCUT2D eigenvalue weighted by Gasteiger charge is -2.09. The minimum Gasteiger partial charge on any atom is -0.465 e. The topological polar surface area (TPSA) is 54.3 Å². The number of carbonyl (C=O) groups excluding carboxylic acids is 1. The van der Waals surface area contributed by atoms with E-state index in [0.717, 1.165) is 5.56 Å². The average Bonchev–Trinajstić information content (AvgIpc) is 2.94. The van der Waals surface area contributed by atoms with Crippen LogP contribution in [0.1, 0.15) is 11.3 Å². The van der Waals surface area contributed by atoms with Crippen LogP contribution in [0.15, 0.2) is 47.1 Å². The molecule has 2 rings (SSSR count). The third kappa shape index (κ3) is 4.73. The van der Waals surface area contributed by atoms with Gasteiger partial charge in [0.25, 0.3) is 0 Å². The summed E-state index contributed by atoms with van der Waals surface area (Å²) in [4.78, 5) is 11.7. The molecule has 0 spiro atoms. The maximum absolute atomic E-state index is 11.7. The van der Waals surface area contributed by atoms with Crippen LogP contribution in [-0.2, 0) is 4.79 Å². The summed E-state index contributed by atoms with van der Waals surface area (Å²) in [6.45, 7) is 1.91. The molecule has 1 aromatic carbocycles. The van der Waals surface area contributed by atoms with Crippen molar-refractivity contribution in [2.75, 3.05) is 5.32 Å². The van der Waals surface area contributed by atoms with Crippen molar-refractivity contribution in [2.24, 2.45) is 0 Å². The molecular weight excluding hydrogens is 308 g/mol. The lowest BCUT2D eigenvalue weighted by atomic mass is 10.2. The third-order valence-corrected chi connectivity index (χ3v) is 3.22. The molecule has 4 nitrogen and oxygen atoms in total. The van der Waals surface area contributed by atoms with Gasteiger partial charge in [-0.25, -0.2) is 0 Å². The first-order valence-electron chi connectivity index (χ1n) is 6.14. The van der Waals surface area contributed by atoms with Gasteiger partial charge in [0.1, 0.15) is 5.76 Å². The second-order valence-corrected chi connectivity index (χ2v) is 5.07. The third-order valence-electron chi connectivity index (χ3n) is 2.61. The van der Waals surface area contributed by atoms with Crippen LogP contribution in [-0.4, -0.2) is 11.0 Å². The number of aryl methyl sites for hydroxylation is 1. The first kappa shape index (κ1) is 15.3. The molecule has 21 heavy (non-hydrogen) atoms. The summed E-state index contributed by atoms with van der Waals surface area (Å²) >= 11 is 11.1. The standard InChI is InChI=1S/C15H13ClN2O2S/c1-10-4-5-11(9-13(10)16)17-15(21)18-14(19)7-6-12-3-2-8-20-12/h2-9H,1H3,(H2,17,18,19,21)/b7-6-. The van der Waals surface area contributed by atoms with Crippen molar-refractivity contribution in [3.05, 3.63) is 59.0 Å². The lowest BCUT2D eigenvalue weighted by molar-refractivity contribution is -0.115. The summed E-state index contributed by atoms with van der Waals surface area (Å²) in [5.74, 6) is 0.247. The molecule has 0 aliphatic heterocycles. The van der Waals surface area contributed by atoms with Crippen LogP contribution in [0.5, 0.6) is 0 Å². The minimum atomic E-state index is -0.345. The zero-order chi connectivity index (χ0) is 15.2. The summed E-state index contributed by atoms with van der Waals surface area (Å²) in [5.41, 5.74) is 1.68. The van der Waals surface area contributed by atoms with Crippen LogP contribution in [0, 0.1) is 6.92 Å². The summed E-state index contributed by atoms with van der Waals surface area (Å²) in [5, 5.41) is 6.26. The Balaban J connectivity index is 1.89. The number of hydrogen-bond acceptors (Lipinski definition) is 3. The van der Waals surface area contributed by atoms with Crippen LogP contribution in [0.25, 0.3) is 6.08 Å². The molecule has 0 aliphatic carbocycles. The van der Waals surface area contributed by atoms with Gasteiger partial charge in [0, 0.05) is 16.8 Å². The van der Waals surface area contributed by atoms with Crippen molar-refractivity contribution in [3.63, 3.8) is 0 Å². The van der Waals surface area contributed by atoms with Gasteiger partial charge in [-0.15, -0.1) is 0 Å².